The highest BCUT2D eigenvalue weighted by atomic mass is 16.2. The molecule has 0 aliphatic rings. The first-order valence-corrected chi connectivity index (χ1v) is 9.04. The standard InChI is InChI=1S/C21H28N4O/c1-5-25(6-2)20-12-10-18(11-13-20)15-22-24-21(26)17(4)23-19-9-7-8-16(3)14-19/h7-15,17,23H,5-6H2,1-4H3,(H,24,26). The van der Waals surface area contributed by atoms with Crippen molar-refractivity contribution < 1.29 is 4.79 Å². The van der Waals surface area contributed by atoms with Gasteiger partial charge in [0, 0.05) is 24.5 Å². The van der Waals surface area contributed by atoms with Gasteiger partial charge in [0.15, 0.2) is 0 Å². The first-order chi connectivity index (χ1) is 12.5. The van der Waals surface area contributed by atoms with E-state index in [2.05, 4.69) is 46.7 Å². The lowest BCUT2D eigenvalue weighted by atomic mass is 10.2. The van der Waals surface area contributed by atoms with E-state index in [4.69, 9.17) is 0 Å². The molecule has 5 heteroatoms. The van der Waals surface area contributed by atoms with E-state index in [9.17, 15) is 4.79 Å². The van der Waals surface area contributed by atoms with E-state index in [1.807, 2.05) is 50.2 Å². The van der Waals surface area contributed by atoms with Gasteiger partial charge >= 0.3 is 0 Å². The Morgan fingerprint density at radius 1 is 1.15 bits per heavy atom. The van der Waals surface area contributed by atoms with Gasteiger partial charge in [-0.15, -0.1) is 0 Å². The van der Waals surface area contributed by atoms with Gasteiger partial charge in [0.25, 0.3) is 5.91 Å². The molecule has 26 heavy (non-hydrogen) atoms. The Kier molecular flexibility index (Phi) is 7.21. The zero-order chi connectivity index (χ0) is 18.9. The highest BCUT2D eigenvalue weighted by Gasteiger charge is 2.11. The van der Waals surface area contributed by atoms with Gasteiger partial charge in [0.05, 0.1) is 6.21 Å². The molecule has 1 unspecified atom stereocenters. The quantitative estimate of drug-likeness (QED) is 0.561. The van der Waals surface area contributed by atoms with Gasteiger partial charge in [-0.3, -0.25) is 4.79 Å². The third-order valence-electron chi connectivity index (χ3n) is 4.20. The number of anilines is 2. The molecule has 0 saturated carbocycles. The number of benzene rings is 2. The van der Waals surface area contributed by atoms with Gasteiger partial charge in [-0.05, 0) is 63.1 Å². The summed E-state index contributed by atoms with van der Waals surface area (Å²) in [5, 5.41) is 7.23. The van der Waals surface area contributed by atoms with Gasteiger partial charge in [0.1, 0.15) is 6.04 Å². The molecule has 0 fully saturated rings. The lowest BCUT2D eigenvalue weighted by Crippen LogP contribution is -2.34. The fourth-order valence-corrected chi connectivity index (χ4v) is 2.68. The minimum atomic E-state index is -0.376. The zero-order valence-corrected chi connectivity index (χ0v) is 16.0. The molecule has 2 aromatic rings. The van der Waals surface area contributed by atoms with E-state index in [-0.39, 0.29) is 11.9 Å². The van der Waals surface area contributed by atoms with Gasteiger partial charge in [-0.25, -0.2) is 5.43 Å². The molecule has 0 aliphatic carbocycles. The number of nitrogens with zero attached hydrogens (tertiary/aromatic N) is 2. The molecule has 0 spiro atoms. The van der Waals surface area contributed by atoms with Crippen LogP contribution < -0.4 is 15.6 Å². The maximum absolute atomic E-state index is 12.1. The molecule has 0 aromatic heterocycles. The predicted octanol–water partition coefficient (Wildman–Crippen LogP) is 3.79. The van der Waals surface area contributed by atoms with Crippen LogP contribution in [0.1, 0.15) is 31.9 Å². The molecule has 0 radical (unpaired) electrons. The lowest BCUT2D eigenvalue weighted by Gasteiger charge is -2.20. The second-order valence-electron chi connectivity index (χ2n) is 6.23. The second kappa shape index (κ2) is 9.61. The van der Waals surface area contributed by atoms with Crippen molar-refractivity contribution in [3.8, 4) is 0 Å². The Hall–Kier alpha value is -2.82. The molecule has 1 amide bonds. The number of carbonyl (C=O) groups is 1. The van der Waals surface area contributed by atoms with E-state index in [1.165, 1.54) is 5.69 Å². The summed E-state index contributed by atoms with van der Waals surface area (Å²) in [4.78, 5) is 14.4. The van der Waals surface area contributed by atoms with Gasteiger partial charge in [-0.2, -0.15) is 5.10 Å². The van der Waals surface area contributed by atoms with Crippen LogP contribution in [-0.4, -0.2) is 31.3 Å². The topological polar surface area (TPSA) is 56.7 Å². The van der Waals surface area contributed by atoms with Gasteiger partial charge < -0.3 is 10.2 Å². The van der Waals surface area contributed by atoms with Crippen LogP contribution >= 0.6 is 0 Å². The Bertz CT molecular complexity index is 736. The van der Waals surface area contributed by atoms with E-state index in [0.717, 1.165) is 29.9 Å². The average molecular weight is 352 g/mol. The molecule has 0 saturated heterocycles. The first kappa shape index (κ1) is 19.5. The SMILES string of the molecule is CCN(CC)c1ccc(C=NNC(=O)C(C)Nc2cccc(C)c2)cc1. The van der Waals surface area contributed by atoms with Crippen molar-refractivity contribution >= 4 is 23.5 Å². The van der Waals surface area contributed by atoms with Crippen molar-refractivity contribution in [3.05, 3.63) is 59.7 Å². The van der Waals surface area contributed by atoms with Crippen LogP contribution in [-0.2, 0) is 4.79 Å². The number of hydrogen-bond acceptors (Lipinski definition) is 4. The van der Waals surface area contributed by atoms with Crippen LogP contribution in [0, 0.1) is 6.92 Å². The number of hydrazone groups is 1. The summed E-state index contributed by atoms with van der Waals surface area (Å²) in [5.74, 6) is -0.178. The zero-order valence-electron chi connectivity index (χ0n) is 16.0. The van der Waals surface area contributed by atoms with Crippen LogP contribution in [0.2, 0.25) is 0 Å². The smallest absolute Gasteiger partial charge is 0.262 e. The molecule has 0 aliphatic heterocycles. The minimum absolute atomic E-state index is 0.178. The van der Waals surface area contributed by atoms with Crippen molar-refractivity contribution in [1.29, 1.82) is 0 Å². The van der Waals surface area contributed by atoms with Crippen molar-refractivity contribution in [2.45, 2.75) is 33.7 Å². The summed E-state index contributed by atoms with van der Waals surface area (Å²) in [6, 6.07) is 15.7. The minimum Gasteiger partial charge on any atom is -0.374 e. The summed E-state index contributed by atoms with van der Waals surface area (Å²) in [5.41, 5.74) is 6.78. The molecule has 2 aromatic carbocycles. The number of carbonyl (C=O) groups excluding carboxylic acids is 1. The fourth-order valence-electron chi connectivity index (χ4n) is 2.68. The molecular weight excluding hydrogens is 324 g/mol. The second-order valence-corrected chi connectivity index (χ2v) is 6.23. The Morgan fingerprint density at radius 2 is 1.85 bits per heavy atom. The van der Waals surface area contributed by atoms with Crippen LogP contribution in [0.5, 0.6) is 0 Å². The Labute approximate surface area is 156 Å². The third-order valence-corrected chi connectivity index (χ3v) is 4.20. The van der Waals surface area contributed by atoms with Crippen molar-refractivity contribution in [1.82, 2.24) is 5.43 Å². The van der Waals surface area contributed by atoms with Crippen molar-refractivity contribution in [2.75, 3.05) is 23.3 Å². The maximum atomic E-state index is 12.1. The fraction of sp³-hybridized carbons (Fsp3) is 0.333. The summed E-state index contributed by atoms with van der Waals surface area (Å²) < 4.78 is 0. The maximum Gasteiger partial charge on any atom is 0.262 e. The normalized spacial score (nSPS) is 12.0. The Balaban J connectivity index is 1.87. The lowest BCUT2D eigenvalue weighted by molar-refractivity contribution is -0.121. The van der Waals surface area contributed by atoms with Crippen molar-refractivity contribution in [2.24, 2.45) is 5.10 Å². The largest absolute Gasteiger partial charge is 0.374 e. The molecule has 0 heterocycles. The van der Waals surface area contributed by atoms with Crippen LogP contribution in [0.15, 0.2) is 53.6 Å². The Morgan fingerprint density at radius 3 is 2.46 bits per heavy atom. The highest BCUT2D eigenvalue weighted by molar-refractivity contribution is 5.86. The van der Waals surface area contributed by atoms with Crippen LogP contribution in [0.4, 0.5) is 11.4 Å². The molecule has 5 nitrogen and oxygen atoms in total. The van der Waals surface area contributed by atoms with E-state index in [0.29, 0.717) is 0 Å². The summed E-state index contributed by atoms with van der Waals surface area (Å²) >= 11 is 0. The number of nitrogens with one attached hydrogen (secondary N) is 2. The predicted molar refractivity (Wildman–Crippen MR) is 110 cm³/mol. The van der Waals surface area contributed by atoms with E-state index in [1.54, 1.807) is 6.21 Å². The van der Waals surface area contributed by atoms with Gasteiger partial charge in [-0.1, -0.05) is 24.3 Å². The third kappa shape index (κ3) is 5.62. The van der Waals surface area contributed by atoms with Crippen LogP contribution in [0.25, 0.3) is 0 Å². The molecule has 2 rings (SSSR count). The summed E-state index contributed by atoms with van der Waals surface area (Å²) in [6.07, 6.45) is 1.66. The highest BCUT2D eigenvalue weighted by Crippen LogP contribution is 2.14. The molecule has 138 valence electrons. The average Bonchev–Trinajstić information content (AvgIpc) is 2.64. The van der Waals surface area contributed by atoms with E-state index < -0.39 is 0 Å². The monoisotopic (exact) mass is 352 g/mol. The number of hydrogen-bond donors (Lipinski definition) is 2. The summed E-state index contributed by atoms with van der Waals surface area (Å²) in [6.45, 7) is 10.1. The molecule has 2 N–H and O–H groups in total. The number of amides is 1. The van der Waals surface area contributed by atoms with Crippen LogP contribution in [0.3, 0.4) is 0 Å². The van der Waals surface area contributed by atoms with Gasteiger partial charge in [0.2, 0.25) is 0 Å². The first-order valence-electron chi connectivity index (χ1n) is 9.04. The summed E-state index contributed by atoms with van der Waals surface area (Å²) in [7, 11) is 0. The van der Waals surface area contributed by atoms with Crippen molar-refractivity contribution in [3.63, 3.8) is 0 Å². The number of aryl methyl sites for hydroxylation is 1. The molecule has 0 bridgehead atoms. The molecule has 1 atom stereocenters. The number of rotatable bonds is 8. The molecular formula is C21H28N4O. The van der Waals surface area contributed by atoms with E-state index >= 15 is 0 Å².